The molecule has 24 nitrogen and oxygen atoms in total. The number of carboxylic acid groups (broad SMARTS) is 4. The third-order valence-corrected chi connectivity index (χ3v) is 10.2. The van der Waals surface area contributed by atoms with Gasteiger partial charge in [-0.1, -0.05) is 31.0 Å². The van der Waals surface area contributed by atoms with E-state index in [0.29, 0.717) is 44.2 Å². The predicted octanol–water partition coefficient (Wildman–Crippen LogP) is 1.99. The molecule has 0 bridgehead atoms. The van der Waals surface area contributed by atoms with Crippen LogP contribution in [0.5, 0.6) is 0 Å². The maximum atomic E-state index is 12.0. The number of unbranched alkanes of at least 4 members (excludes halogenated alkanes) is 1. The van der Waals surface area contributed by atoms with Crippen LogP contribution < -0.4 is 21.3 Å². The zero-order chi connectivity index (χ0) is 55.0. The average molecular weight is 1040 g/mol. The van der Waals surface area contributed by atoms with E-state index in [1.54, 1.807) is 19.1 Å². The van der Waals surface area contributed by atoms with Crippen LogP contribution in [-0.4, -0.2) is 169 Å². The number of carbonyl (C=O) groups excluding carboxylic acids is 8. The van der Waals surface area contributed by atoms with Gasteiger partial charge in [0.25, 0.3) is 5.91 Å². The van der Waals surface area contributed by atoms with Crippen LogP contribution >= 0.6 is 0 Å². The van der Waals surface area contributed by atoms with Gasteiger partial charge < -0.3 is 65.4 Å². The van der Waals surface area contributed by atoms with Crippen LogP contribution in [0, 0.1) is 12.8 Å². The highest BCUT2D eigenvalue weighted by molar-refractivity contribution is 6.32. The van der Waals surface area contributed by atoms with Crippen molar-refractivity contribution in [3.63, 3.8) is 0 Å². The Bertz CT molecular complexity index is 1920. The highest BCUT2D eigenvalue weighted by Gasteiger charge is 2.23. The lowest BCUT2D eigenvalue weighted by Crippen LogP contribution is -2.42. The zero-order valence-electron chi connectivity index (χ0n) is 42.0. The second-order valence-electron chi connectivity index (χ2n) is 16.7. The quantitative estimate of drug-likeness (QED) is 0.0342. The highest BCUT2D eigenvalue weighted by atomic mass is 16.5. The number of carbonyl (C=O) groups is 12. The van der Waals surface area contributed by atoms with Crippen LogP contribution in [0.25, 0.3) is 0 Å². The largest absolute Gasteiger partial charge is 0.481 e. The molecule has 0 fully saturated rings. The Kier molecular flexibility index (Phi) is 37.4. The lowest BCUT2D eigenvalue weighted by Gasteiger charge is -2.14. The highest BCUT2D eigenvalue weighted by Crippen LogP contribution is 2.12. The summed E-state index contributed by atoms with van der Waals surface area (Å²) in [6, 6.07) is 5.05. The Hall–Kier alpha value is -6.50. The number of benzene rings is 1. The number of ether oxygens (including phenoxy) is 4. The molecule has 0 aliphatic heterocycles. The Morgan fingerprint density at radius 3 is 1.70 bits per heavy atom. The first-order valence-corrected chi connectivity index (χ1v) is 24.1. The van der Waals surface area contributed by atoms with Crippen LogP contribution in [0.15, 0.2) is 24.3 Å². The molecule has 0 radical (unpaired) electrons. The molecule has 0 saturated heterocycles. The summed E-state index contributed by atoms with van der Waals surface area (Å²) in [5.74, 6) is -8.89. The molecule has 0 saturated carbocycles. The van der Waals surface area contributed by atoms with E-state index >= 15 is 0 Å². The number of carboxylic acids is 4. The summed E-state index contributed by atoms with van der Waals surface area (Å²) in [6.07, 6.45) is 2.30. The van der Waals surface area contributed by atoms with E-state index in [4.69, 9.17) is 34.3 Å². The molecule has 3 unspecified atom stereocenters. The van der Waals surface area contributed by atoms with E-state index in [-0.39, 0.29) is 153 Å². The van der Waals surface area contributed by atoms with Gasteiger partial charge in [-0.3, -0.25) is 38.4 Å². The third kappa shape index (κ3) is 37.0. The third-order valence-electron chi connectivity index (χ3n) is 10.2. The minimum atomic E-state index is -1.54. The smallest absolute Gasteiger partial charge is 0.372 e. The van der Waals surface area contributed by atoms with Gasteiger partial charge in [0.15, 0.2) is 5.78 Å². The lowest BCUT2D eigenvalue weighted by molar-refractivity contribution is -0.149. The molecule has 0 aromatic heterocycles. The molecule has 410 valence electrons. The number of ketones is 4. The average Bonchev–Trinajstić information content (AvgIpc) is 3.33. The normalized spacial score (nSPS) is 11.9. The minimum Gasteiger partial charge on any atom is -0.481 e. The fourth-order valence-electron chi connectivity index (χ4n) is 6.26. The molecule has 0 aliphatic carbocycles. The minimum absolute atomic E-state index is 0.0190. The number of aliphatic carboxylic acids is 4. The van der Waals surface area contributed by atoms with Crippen molar-refractivity contribution >= 4 is 70.6 Å². The fraction of sp³-hybridized carbons (Fsp3) is 0.633. The van der Waals surface area contributed by atoms with Gasteiger partial charge in [0, 0.05) is 70.2 Å². The summed E-state index contributed by atoms with van der Waals surface area (Å²) in [6.45, 7) is 6.65. The zero-order valence-corrected chi connectivity index (χ0v) is 42.0. The molecule has 1 rings (SSSR count). The van der Waals surface area contributed by atoms with Crippen molar-refractivity contribution in [3.8, 4) is 0 Å². The Balaban J connectivity index is 0.00000142. The molecular weight excluding hydrogens is 965 g/mol. The number of rotatable bonds is 43. The van der Waals surface area contributed by atoms with Crippen LogP contribution in [0.2, 0.25) is 0 Å². The van der Waals surface area contributed by atoms with Crippen molar-refractivity contribution in [2.24, 2.45) is 5.92 Å². The van der Waals surface area contributed by atoms with Crippen molar-refractivity contribution in [2.45, 2.75) is 129 Å². The first-order chi connectivity index (χ1) is 34.7. The topological polar surface area (TPSA) is 371 Å². The first kappa shape index (κ1) is 66.5. The summed E-state index contributed by atoms with van der Waals surface area (Å²) < 4.78 is 21.0. The van der Waals surface area contributed by atoms with Gasteiger partial charge in [0.2, 0.25) is 23.5 Å². The van der Waals surface area contributed by atoms with Gasteiger partial charge in [-0.15, -0.1) is 0 Å². The molecular formula is C49H74N4O20. The van der Waals surface area contributed by atoms with Crippen LogP contribution in [0.3, 0.4) is 0 Å². The summed E-state index contributed by atoms with van der Waals surface area (Å²) in [5.41, 5.74) is 1.66. The van der Waals surface area contributed by atoms with Crippen LogP contribution in [0.1, 0.15) is 126 Å². The molecule has 73 heavy (non-hydrogen) atoms. The maximum Gasteiger partial charge on any atom is 0.372 e. The van der Waals surface area contributed by atoms with Gasteiger partial charge in [-0.25, -0.2) is 14.4 Å². The molecule has 1 aromatic rings. The molecule has 0 heterocycles. The van der Waals surface area contributed by atoms with E-state index in [1.165, 1.54) is 6.92 Å². The molecule has 24 heteroatoms. The van der Waals surface area contributed by atoms with Gasteiger partial charge in [0.05, 0.1) is 39.0 Å². The second-order valence-corrected chi connectivity index (χ2v) is 16.7. The van der Waals surface area contributed by atoms with Crippen molar-refractivity contribution in [2.75, 3.05) is 65.9 Å². The summed E-state index contributed by atoms with van der Waals surface area (Å²) in [5, 5.41) is 45.9. The van der Waals surface area contributed by atoms with Gasteiger partial charge in [-0.05, 0) is 70.9 Å². The molecule has 0 aliphatic rings. The lowest BCUT2D eigenvalue weighted by atomic mass is 9.97. The van der Waals surface area contributed by atoms with Crippen molar-refractivity contribution in [1.29, 1.82) is 0 Å². The monoisotopic (exact) mass is 1040 g/mol. The molecule has 3 atom stereocenters. The summed E-state index contributed by atoms with van der Waals surface area (Å²) in [7, 11) is 0. The van der Waals surface area contributed by atoms with Gasteiger partial charge in [0.1, 0.15) is 36.9 Å². The number of nitrogens with one attached hydrogen (secondary N) is 4. The predicted molar refractivity (Wildman–Crippen MR) is 258 cm³/mol. The second kappa shape index (κ2) is 41.0. The molecule has 0 spiro atoms. The Morgan fingerprint density at radius 1 is 0.521 bits per heavy atom. The number of Topliss-reactive ketones (excluding diaryl/α,β-unsaturated/α-hetero) is 4. The number of aryl methyl sites for hydroxylation is 1. The molecule has 4 amide bonds. The Labute approximate surface area is 424 Å². The van der Waals surface area contributed by atoms with Gasteiger partial charge >= 0.3 is 23.9 Å². The Morgan fingerprint density at radius 2 is 1.10 bits per heavy atom. The summed E-state index contributed by atoms with van der Waals surface area (Å²) in [4.78, 5) is 137. The van der Waals surface area contributed by atoms with E-state index in [9.17, 15) is 62.6 Å². The van der Waals surface area contributed by atoms with Crippen LogP contribution in [0.4, 0.5) is 0 Å². The molecule has 1 aromatic carbocycles. The molecule has 8 N–H and O–H groups in total. The van der Waals surface area contributed by atoms with Crippen molar-refractivity contribution in [1.82, 2.24) is 21.3 Å². The first-order valence-electron chi connectivity index (χ1n) is 24.1. The van der Waals surface area contributed by atoms with E-state index in [1.807, 2.05) is 19.1 Å². The van der Waals surface area contributed by atoms with Gasteiger partial charge in [-0.2, -0.15) is 0 Å². The van der Waals surface area contributed by atoms with E-state index in [2.05, 4.69) is 21.3 Å². The van der Waals surface area contributed by atoms with E-state index < -0.39 is 59.5 Å². The summed E-state index contributed by atoms with van der Waals surface area (Å²) >= 11 is 0. The number of amides is 4. The number of hydrogen-bond acceptors (Lipinski definition) is 16. The van der Waals surface area contributed by atoms with Crippen molar-refractivity contribution in [3.05, 3.63) is 35.4 Å². The standard InChI is InChI=1S/C25H36N2O8.C24H38N2O12/c1-18-5-7-20(8-6-18)24(31)27-11-3-4-22(29)17-35-15-14-34-13-12-26-23(30)10-9-21(25(32)33)16-19(2)28;1-2-6-17(22(31)32)26-21(30)15-38-14-13-37-12-5-7-16(27)10-11-18(23(33)34)25-20(29)9-4-3-8-19(28)24(35)36/h5-8,21H,3-4,9-17H2,1-2H3,(H,26,30)(H,27,31)(H,32,33);17-18H,2-15H2,1H3,(H,25,29)(H,26,30)(H,31,32)(H,33,34)(H,35,36). The van der Waals surface area contributed by atoms with E-state index in [0.717, 1.165) is 5.56 Å². The fourth-order valence-corrected chi connectivity index (χ4v) is 6.26. The SMILES string of the molecule is CC(=O)CC(CCC(=O)NCCOCCOCC(=O)CCCNC(=O)c1ccc(C)cc1)C(=O)O.CCCC(NC(=O)COCCOCCCC(=O)CCC(NC(=O)CCCCC(=O)C(=O)O)C(=O)O)C(=O)O. The van der Waals surface area contributed by atoms with Crippen LogP contribution in [-0.2, 0) is 71.7 Å². The number of hydrogen-bond donors (Lipinski definition) is 8. The maximum absolute atomic E-state index is 12.0. The van der Waals surface area contributed by atoms with Crippen molar-refractivity contribution < 1.29 is 96.9 Å².